The number of piperazine rings is 1. The average Bonchev–Trinajstić information content (AvgIpc) is 3.63. The second-order valence-electron chi connectivity index (χ2n) is 9.93. The van der Waals surface area contributed by atoms with Gasteiger partial charge in [-0.2, -0.15) is 10.2 Å². The van der Waals surface area contributed by atoms with Gasteiger partial charge in [-0.05, 0) is 32.0 Å². The highest BCUT2D eigenvalue weighted by atomic mass is 16.5. The van der Waals surface area contributed by atoms with Crippen molar-refractivity contribution in [1.82, 2.24) is 29.8 Å². The predicted molar refractivity (Wildman–Crippen MR) is 135 cm³/mol. The fraction of sp³-hybridized carbons (Fsp3) is 0.538. The zero-order valence-corrected chi connectivity index (χ0v) is 20.7. The molecule has 0 saturated carbocycles. The normalized spacial score (nSPS) is 21.9. The maximum atomic E-state index is 9.21. The van der Waals surface area contributed by atoms with Gasteiger partial charge in [0.15, 0.2) is 11.5 Å². The molecule has 2 saturated heterocycles. The third kappa shape index (κ3) is 4.45. The number of aromatic nitrogens is 4. The van der Waals surface area contributed by atoms with Gasteiger partial charge in [0.2, 0.25) is 0 Å². The quantitative estimate of drug-likeness (QED) is 0.533. The summed E-state index contributed by atoms with van der Waals surface area (Å²) in [6.07, 6.45) is 6.24. The minimum absolute atomic E-state index is 0.0914. The molecule has 10 heteroatoms. The molecule has 3 aromatic rings. The van der Waals surface area contributed by atoms with E-state index in [-0.39, 0.29) is 6.04 Å². The largest absolute Gasteiger partial charge is 0.493 e. The van der Waals surface area contributed by atoms with E-state index in [0.29, 0.717) is 43.7 Å². The van der Waals surface area contributed by atoms with Gasteiger partial charge in [-0.1, -0.05) is 18.2 Å². The Hall–Kier alpha value is -3.42. The van der Waals surface area contributed by atoms with Crippen LogP contribution in [0.15, 0.2) is 24.4 Å². The Kier molecular flexibility index (Phi) is 6.34. The number of rotatable bonds is 7. The number of fused-ring (bicyclic) bond motifs is 2. The van der Waals surface area contributed by atoms with Crippen LogP contribution < -0.4 is 19.7 Å². The molecule has 0 spiro atoms. The number of nitrogens with one attached hydrogen (secondary N) is 1. The van der Waals surface area contributed by atoms with E-state index in [2.05, 4.69) is 46.4 Å². The van der Waals surface area contributed by atoms with E-state index in [1.807, 2.05) is 10.7 Å². The van der Waals surface area contributed by atoms with Gasteiger partial charge in [-0.15, -0.1) is 5.10 Å². The van der Waals surface area contributed by atoms with E-state index in [4.69, 9.17) is 24.5 Å². The number of likely N-dealkylation sites (tertiary alicyclic amines) is 1. The van der Waals surface area contributed by atoms with Crippen LogP contribution in [0, 0.1) is 11.3 Å². The number of benzene rings is 1. The standard InChI is InChI=1S/C26H32N8O2/c1-32-11-3-6-21(32)17-36-26-30-25(33-12-10-28-20(16-33)7-9-27)24-29-15-22(34(24)31-26)14-19-5-2-4-18-8-13-35-23(18)19/h2,4-5,15,20-21,28H,3,6-8,10-14,16-17H2,1H3. The van der Waals surface area contributed by atoms with Crippen molar-refractivity contribution in [3.63, 3.8) is 0 Å². The lowest BCUT2D eigenvalue weighted by Gasteiger charge is -2.33. The molecule has 2 atom stereocenters. The molecule has 5 heterocycles. The minimum Gasteiger partial charge on any atom is -0.493 e. The SMILES string of the molecule is CN1CCCC1COc1nc(N2CCNC(CC#N)C2)c2ncc(Cc3cccc4c3OCC4)n2n1. The van der Waals surface area contributed by atoms with Gasteiger partial charge in [-0.3, -0.25) is 0 Å². The first-order valence-corrected chi connectivity index (χ1v) is 12.9. The monoisotopic (exact) mass is 488 g/mol. The summed E-state index contributed by atoms with van der Waals surface area (Å²) in [5, 5.41) is 17.4. The summed E-state index contributed by atoms with van der Waals surface area (Å²) in [5.41, 5.74) is 4.06. The van der Waals surface area contributed by atoms with Crippen molar-refractivity contribution in [2.45, 2.75) is 44.2 Å². The van der Waals surface area contributed by atoms with Crippen LogP contribution in [0.2, 0.25) is 0 Å². The van der Waals surface area contributed by atoms with Crippen LogP contribution in [0.25, 0.3) is 5.65 Å². The van der Waals surface area contributed by atoms with E-state index in [9.17, 15) is 5.26 Å². The molecule has 6 rings (SSSR count). The Bertz CT molecular complexity index is 1280. The summed E-state index contributed by atoms with van der Waals surface area (Å²) in [6, 6.07) is 9.45. The van der Waals surface area contributed by atoms with Crippen LogP contribution in [-0.4, -0.2) is 83.0 Å². The molecule has 1 aromatic carbocycles. The van der Waals surface area contributed by atoms with E-state index < -0.39 is 0 Å². The molecule has 3 aliphatic heterocycles. The second-order valence-corrected chi connectivity index (χ2v) is 9.93. The van der Waals surface area contributed by atoms with Crippen molar-refractivity contribution >= 4 is 11.5 Å². The van der Waals surface area contributed by atoms with Gasteiger partial charge < -0.3 is 24.6 Å². The van der Waals surface area contributed by atoms with E-state index in [1.54, 1.807) is 0 Å². The van der Waals surface area contributed by atoms with Crippen LogP contribution in [0.1, 0.15) is 36.1 Å². The number of para-hydroxylation sites is 1. The van der Waals surface area contributed by atoms with Crippen molar-refractivity contribution in [1.29, 1.82) is 5.26 Å². The number of likely N-dealkylation sites (N-methyl/N-ethyl adjacent to an activating group) is 1. The molecule has 0 radical (unpaired) electrons. The van der Waals surface area contributed by atoms with Crippen LogP contribution >= 0.6 is 0 Å². The highest BCUT2D eigenvalue weighted by Crippen LogP contribution is 2.32. The predicted octanol–water partition coefficient (Wildman–Crippen LogP) is 1.81. The third-order valence-corrected chi connectivity index (χ3v) is 7.53. The highest BCUT2D eigenvalue weighted by molar-refractivity contribution is 5.65. The van der Waals surface area contributed by atoms with Gasteiger partial charge >= 0.3 is 6.01 Å². The number of anilines is 1. The molecule has 3 aliphatic rings. The smallest absolute Gasteiger partial charge is 0.336 e. The Morgan fingerprint density at radius 2 is 2.25 bits per heavy atom. The number of hydrogen-bond donors (Lipinski definition) is 1. The summed E-state index contributed by atoms with van der Waals surface area (Å²) < 4.78 is 14.0. The van der Waals surface area contributed by atoms with Crippen molar-refractivity contribution in [3.8, 4) is 17.8 Å². The molecule has 36 heavy (non-hydrogen) atoms. The molecule has 10 nitrogen and oxygen atoms in total. The second kappa shape index (κ2) is 9.91. The van der Waals surface area contributed by atoms with E-state index in [0.717, 1.165) is 61.9 Å². The van der Waals surface area contributed by atoms with Crippen LogP contribution in [0.5, 0.6) is 11.8 Å². The molecule has 0 aliphatic carbocycles. The van der Waals surface area contributed by atoms with E-state index in [1.165, 1.54) is 12.0 Å². The minimum atomic E-state index is 0.0914. The Morgan fingerprint density at radius 1 is 1.31 bits per heavy atom. The molecule has 188 valence electrons. The number of nitriles is 1. The van der Waals surface area contributed by atoms with E-state index >= 15 is 0 Å². The first-order valence-electron chi connectivity index (χ1n) is 12.9. The van der Waals surface area contributed by atoms with Crippen LogP contribution in [-0.2, 0) is 12.8 Å². The Balaban J connectivity index is 1.35. The van der Waals surface area contributed by atoms with Gasteiger partial charge in [0, 0.05) is 50.1 Å². The summed E-state index contributed by atoms with van der Waals surface area (Å²) in [5.74, 6) is 1.74. The molecule has 1 N–H and O–H groups in total. The first kappa shape index (κ1) is 23.0. The molecule has 2 fully saturated rings. The zero-order chi connectivity index (χ0) is 24.5. The number of imidazole rings is 1. The van der Waals surface area contributed by atoms with Gasteiger partial charge in [0.25, 0.3) is 0 Å². The van der Waals surface area contributed by atoms with Gasteiger partial charge in [-0.25, -0.2) is 9.50 Å². The molecular formula is C26H32N8O2. The summed E-state index contributed by atoms with van der Waals surface area (Å²) in [4.78, 5) is 14.1. The first-order chi connectivity index (χ1) is 17.7. The molecule has 2 aromatic heterocycles. The Labute approximate surface area is 210 Å². The molecule has 0 amide bonds. The number of hydrogen-bond acceptors (Lipinski definition) is 9. The molecule has 0 bridgehead atoms. The summed E-state index contributed by atoms with van der Waals surface area (Å²) in [6.45, 7) is 4.63. The fourth-order valence-electron chi connectivity index (χ4n) is 5.53. The lowest BCUT2D eigenvalue weighted by Crippen LogP contribution is -2.51. The topological polar surface area (TPSA) is 104 Å². The van der Waals surface area contributed by atoms with Crippen molar-refractivity contribution < 1.29 is 9.47 Å². The average molecular weight is 489 g/mol. The van der Waals surface area contributed by atoms with Crippen molar-refractivity contribution in [2.75, 3.05) is 51.3 Å². The maximum absolute atomic E-state index is 9.21. The highest BCUT2D eigenvalue weighted by Gasteiger charge is 2.27. The van der Waals surface area contributed by atoms with Crippen LogP contribution in [0.4, 0.5) is 5.82 Å². The fourth-order valence-corrected chi connectivity index (χ4v) is 5.53. The van der Waals surface area contributed by atoms with Gasteiger partial charge in [0.05, 0.1) is 31.0 Å². The lowest BCUT2D eigenvalue weighted by atomic mass is 10.0. The summed E-state index contributed by atoms with van der Waals surface area (Å²) in [7, 11) is 2.14. The molecular weight excluding hydrogens is 456 g/mol. The zero-order valence-electron chi connectivity index (χ0n) is 20.7. The van der Waals surface area contributed by atoms with Crippen molar-refractivity contribution in [3.05, 3.63) is 41.2 Å². The molecule has 2 unspecified atom stereocenters. The lowest BCUT2D eigenvalue weighted by molar-refractivity contribution is 0.185. The summed E-state index contributed by atoms with van der Waals surface area (Å²) >= 11 is 0. The van der Waals surface area contributed by atoms with Gasteiger partial charge in [0.1, 0.15) is 12.4 Å². The third-order valence-electron chi connectivity index (χ3n) is 7.53. The number of ether oxygens (including phenoxy) is 2. The maximum Gasteiger partial charge on any atom is 0.336 e. The van der Waals surface area contributed by atoms with Crippen molar-refractivity contribution in [2.24, 2.45) is 0 Å². The number of nitrogens with zero attached hydrogens (tertiary/aromatic N) is 7. The Morgan fingerprint density at radius 3 is 3.11 bits per heavy atom. The van der Waals surface area contributed by atoms with Crippen LogP contribution in [0.3, 0.4) is 0 Å².